The maximum absolute atomic E-state index is 12.6. The molecule has 0 spiro atoms. The Balaban J connectivity index is 2.66. The zero-order valence-corrected chi connectivity index (χ0v) is 10.3. The summed E-state index contributed by atoms with van der Waals surface area (Å²) in [6, 6.07) is -1.34. The lowest BCUT2D eigenvalue weighted by atomic mass is 10.0. The van der Waals surface area contributed by atoms with Crippen molar-refractivity contribution in [2.45, 2.75) is 31.1 Å². The minimum absolute atomic E-state index is 0.221. The number of alkyl halides is 3. The number of carbonyl (C=O) groups is 2. The van der Waals surface area contributed by atoms with E-state index in [2.05, 4.69) is 5.32 Å². The highest BCUT2D eigenvalue weighted by atomic mass is 32.2. The van der Waals surface area contributed by atoms with Crippen molar-refractivity contribution in [1.29, 1.82) is 0 Å². The Kier molecular flexibility index (Phi) is 4.36. The number of rotatable bonds is 3. The summed E-state index contributed by atoms with van der Waals surface area (Å²) in [5.41, 5.74) is -3.29. The van der Waals surface area contributed by atoms with Gasteiger partial charge < -0.3 is 15.7 Å². The molecular formula is C9H13F3N2O3S. The Labute approximate surface area is 105 Å². The Morgan fingerprint density at radius 1 is 1.39 bits per heavy atom. The van der Waals surface area contributed by atoms with E-state index in [0.717, 1.165) is 5.75 Å². The molecule has 1 heterocycles. The van der Waals surface area contributed by atoms with Gasteiger partial charge in [0, 0.05) is 11.8 Å². The molecule has 1 fully saturated rings. The molecule has 1 aliphatic rings. The van der Waals surface area contributed by atoms with Gasteiger partial charge >= 0.3 is 18.2 Å². The van der Waals surface area contributed by atoms with Gasteiger partial charge in [0.1, 0.15) is 0 Å². The Hall–Kier alpha value is -1.12. The maximum atomic E-state index is 12.6. The molecule has 18 heavy (non-hydrogen) atoms. The first kappa shape index (κ1) is 14.9. The number of hydrogen-bond donors (Lipinski definition) is 3. The number of nitrogens with one attached hydrogen (secondary N) is 2. The van der Waals surface area contributed by atoms with Crippen molar-refractivity contribution in [3.8, 4) is 0 Å². The molecule has 0 aromatic heterocycles. The molecule has 104 valence electrons. The van der Waals surface area contributed by atoms with Gasteiger partial charge in [-0.3, -0.25) is 0 Å². The lowest BCUT2D eigenvalue weighted by Crippen LogP contribution is -2.64. The largest absolute Gasteiger partial charge is 0.479 e. The highest BCUT2D eigenvalue weighted by molar-refractivity contribution is 7.99. The second-order valence-electron chi connectivity index (χ2n) is 4.09. The van der Waals surface area contributed by atoms with Crippen molar-refractivity contribution in [3.63, 3.8) is 0 Å². The van der Waals surface area contributed by atoms with Gasteiger partial charge in [0.05, 0.1) is 0 Å². The molecule has 0 aromatic carbocycles. The molecule has 0 aliphatic carbocycles. The van der Waals surface area contributed by atoms with Crippen molar-refractivity contribution in [1.82, 2.24) is 10.6 Å². The Morgan fingerprint density at radius 2 is 2.00 bits per heavy atom. The van der Waals surface area contributed by atoms with Gasteiger partial charge in [-0.05, 0) is 19.1 Å². The van der Waals surface area contributed by atoms with E-state index in [1.54, 1.807) is 11.8 Å². The van der Waals surface area contributed by atoms with Crippen LogP contribution in [0.3, 0.4) is 0 Å². The third-order valence-corrected chi connectivity index (χ3v) is 3.79. The second kappa shape index (κ2) is 5.25. The van der Waals surface area contributed by atoms with Gasteiger partial charge in [0.2, 0.25) is 5.54 Å². The summed E-state index contributed by atoms with van der Waals surface area (Å²) >= 11 is 1.57. The Morgan fingerprint density at radius 3 is 2.39 bits per heavy atom. The molecule has 1 rings (SSSR count). The lowest BCUT2D eigenvalue weighted by molar-refractivity contribution is -0.203. The van der Waals surface area contributed by atoms with Gasteiger partial charge in [-0.1, -0.05) is 0 Å². The smallest absolute Gasteiger partial charge is 0.422 e. The fourth-order valence-corrected chi connectivity index (χ4v) is 2.49. The fraction of sp³-hybridized carbons (Fsp3) is 0.778. The van der Waals surface area contributed by atoms with Crippen molar-refractivity contribution >= 4 is 23.8 Å². The summed E-state index contributed by atoms with van der Waals surface area (Å²) in [6.07, 6.45) is -4.41. The molecule has 1 aliphatic heterocycles. The molecule has 2 amide bonds. The van der Waals surface area contributed by atoms with Gasteiger partial charge in [-0.15, -0.1) is 0 Å². The summed E-state index contributed by atoms with van der Waals surface area (Å²) < 4.78 is 37.8. The fourth-order valence-electron chi connectivity index (χ4n) is 1.34. The van der Waals surface area contributed by atoms with E-state index in [1.165, 1.54) is 5.32 Å². The average Bonchev–Trinajstić information content (AvgIpc) is 2.67. The van der Waals surface area contributed by atoms with Crippen LogP contribution >= 0.6 is 11.8 Å². The van der Waals surface area contributed by atoms with Gasteiger partial charge in [0.25, 0.3) is 0 Å². The van der Waals surface area contributed by atoms with Gasteiger partial charge in [-0.2, -0.15) is 24.9 Å². The number of urea groups is 1. The standard InChI is InChI=1S/C9H13F3N2O3S/c1-8(6(15)16,9(10,11)12)14-7(17)13-5-2-3-18-4-5/h5H,2-4H2,1H3,(H,15,16)(H2,13,14,17). The van der Waals surface area contributed by atoms with E-state index in [-0.39, 0.29) is 6.04 Å². The van der Waals surface area contributed by atoms with Gasteiger partial charge in [0.15, 0.2) is 0 Å². The molecular weight excluding hydrogens is 273 g/mol. The molecule has 0 saturated carbocycles. The maximum Gasteiger partial charge on any atom is 0.422 e. The van der Waals surface area contributed by atoms with Crippen LogP contribution in [0.4, 0.5) is 18.0 Å². The normalized spacial score (nSPS) is 23.2. The third-order valence-electron chi connectivity index (χ3n) is 2.62. The van der Waals surface area contributed by atoms with Crippen molar-refractivity contribution in [2.24, 2.45) is 0 Å². The van der Waals surface area contributed by atoms with E-state index >= 15 is 0 Å². The highest BCUT2D eigenvalue weighted by Gasteiger charge is 2.58. The number of carboxylic acid groups (broad SMARTS) is 1. The molecule has 5 nitrogen and oxygen atoms in total. The third kappa shape index (κ3) is 3.21. The van der Waals surface area contributed by atoms with Crippen LogP contribution in [-0.4, -0.2) is 46.4 Å². The Bertz CT molecular complexity index is 344. The zero-order chi connectivity index (χ0) is 14.0. The van der Waals surface area contributed by atoms with E-state index in [9.17, 15) is 22.8 Å². The molecule has 0 bridgehead atoms. The molecule has 1 saturated heterocycles. The van der Waals surface area contributed by atoms with Crippen LogP contribution in [-0.2, 0) is 4.79 Å². The molecule has 3 N–H and O–H groups in total. The molecule has 0 aromatic rings. The SMILES string of the molecule is CC(NC(=O)NC1CCSC1)(C(=O)O)C(F)(F)F. The van der Waals surface area contributed by atoms with E-state index in [0.29, 0.717) is 19.1 Å². The topological polar surface area (TPSA) is 78.4 Å². The van der Waals surface area contributed by atoms with Crippen LogP contribution in [0.15, 0.2) is 0 Å². The van der Waals surface area contributed by atoms with Crippen molar-refractivity contribution in [3.05, 3.63) is 0 Å². The van der Waals surface area contributed by atoms with E-state index < -0.39 is 23.7 Å². The average molecular weight is 286 g/mol. The number of aliphatic carboxylic acids is 1. The van der Waals surface area contributed by atoms with Crippen molar-refractivity contribution in [2.75, 3.05) is 11.5 Å². The summed E-state index contributed by atoms with van der Waals surface area (Å²) in [5.74, 6) is -0.713. The second-order valence-corrected chi connectivity index (χ2v) is 5.24. The first-order valence-corrected chi connectivity index (χ1v) is 6.29. The minimum atomic E-state index is -5.07. The zero-order valence-electron chi connectivity index (χ0n) is 9.50. The summed E-state index contributed by atoms with van der Waals surface area (Å²) in [7, 11) is 0. The summed E-state index contributed by atoms with van der Waals surface area (Å²) in [5, 5.41) is 12.4. The van der Waals surface area contributed by atoms with Crippen LogP contribution in [0.1, 0.15) is 13.3 Å². The minimum Gasteiger partial charge on any atom is -0.479 e. The van der Waals surface area contributed by atoms with Crippen LogP contribution in [0, 0.1) is 0 Å². The number of hydrogen-bond acceptors (Lipinski definition) is 3. The molecule has 2 atom stereocenters. The number of carboxylic acids is 1. The number of carbonyl (C=O) groups excluding carboxylic acids is 1. The molecule has 0 radical (unpaired) electrons. The first-order valence-electron chi connectivity index (χ1n) is 5.13. The van der Waals surface area contributed by atoms with Crippen LogP contribution < -0.4 is 10.6 Å². The van der Waals surface area contributed by atoms with Crippen LogP contribution in [0.25, 0.3) is 0 Å². The molecule has 9 heteroatoms. The summed E-state index contributed by atoms with van der Waals surface area (Å²) in [4.78, 5) is 22.0. The monoisotopic (exact) mass is 286 g/mol. The number of halogens is 3. The molecule has 2 unspecified atom stereocenters. The number of thioether (sulfide) groups is 1. The van der Waals surface area contributed by atoms with E-state index in [4.69, 9.17) is 5.11 Å². The van der Waals surface area contributed by atoms with E-state index in [1.807, 2.05) is 0 Å². The summed E-state index contributed by atoms with van der Waals surface area (Å²) in [6.45, 7) is 0.415. The van der Waals surface area contributed by atoms with Gasteiger partial charge in [-0.25, -0.2) is 9.59 Å². The van der Waals surface area contributed by atoms with Crippen LogP contribution in [0.2, 0.25) is 0 Å². The predicted molar refractivity (Wildman–Crippen MR) is 59.5 cm³/mol. The predicted octanol–water partition coefficient (Wildman–Crippen LogP) is 1.20. The lowest BCUT2D eigenvalue weighted by Gasteiger charge is -2.29. The highest BCUT2D eigenvalue weighted by Crippen LogP contribution is 2.30. The quantitative estimate of drug-likeness (QED) is 0.728. The first-order chi connectivity index (χ1) is 8.17. The van der Waals surface area contributed by atoms with Crippen molar-refractivity contribution < 1.29 is 27.9 Å². The number of amides is 2. The van der Waals surface area contributed by atoms with Crippen LogP contribution in [0.5, 0.6) is 0 Å².